The van der Waals surface area contributed by atoms with Gasteiger partial charge in [-0.05, 0) is 43.5 Å². The van der Waals surface area contributed by atoms with Gasteiger partial charge >= 0.3 is 0 Å². The number of carbonyl (C=O) groups excluding carboxylic acids is 1. The number of carbonyl (C=O) groups is 1. The van der Waals surface area contributed by atoms with Crippen LogP contribution in [0.15, 0.2) is 53.4 Å². The summed E-state index contributed by atoms with van der Waals surface area (Å²) in [7, 11) is -2.41. The van der Waals surface area contributed by atoms with Crippen molar-refractivity contribution in [1.82, 2.24) is 9.62 Å². The summed E-state index contributed by atoms with van der Waals surface area (Å²) in [6.45, 7) is 2.41. The van der Waals surface area contributed by atoms with E-state index in [1.54, 1.807) is 6.07 Å². The van der Waals surface area contributed by atoms with Crippen molar-refractivity contribution >= 4 is 27.5 Å². The highest BCUT2D eigenvalue weighted by molar-refractivity contribution is 7.89. The van der Waals surface area contributed by atoms with Crippen LogP contribution < -0.4 is 10.1 Å². The molecule has 0 saturated carbocycles. The molecule has 0 aromatic heterocycles. The van der Waals surface area contributed by atoms with Crippen LogP contribution in [0, 0.1) is 5.92 Å². The number of piperidine rings is 1. The Balaban J connectivity index is 1.75. The molecule has 0 spiro atoms. The normalized spacial score (nSPS) is 18.8. The van der Waals surface area contributed by atoms with Crippen LogP contribution in [-0.4, -0.2) is 38.8 Å². The summed E-state index contributed by atoms with van der Waals surface area (Å²) >= 11 is 6.01. The number of sulfonamides is 1. The lowest BCUT2D eigenvalue weighted by Crippen LogP contribution is -2.45. The number of methoxy groups -OCH3 is 1. The van der Waals surface area contributed by atoms with Gasteiger partial charge in [-0.2, -0.15) is 4.31 Å². The van der Waals surface area contributed by atoms with Crippen molar-refractivity contribution in [1.29, 1.82) is 0 Å². The number of hydrogen-bond acceptors (Lipinski definition) is 4. The average Bonchev–Trinajstić information content (AvgIpc) is 2.74. The molecule has 0 aliphatic carbocycles. The van der Waals surface area contributed by atoms with E-state index in [1.165, 1.54) is 23.5 Å². The molecule has 0 unspecified atom stereocenters. The van der Waals surface area contributed by atoms with E-state index >= 15 is 0 Å². The van der Waals surface area contributed by atoms with Gasteiger partial charge in [0, 0.05) is 18.1 Å². The summed E-state index contributed by atoms with van der Waals surface area (Å²) in [5, 5.41) is 3.32. The molecule has 1 aliphatic rings. The van der Waals surface area contributed by atoms with Crippen molar-refractivity contribution in [3.63, 3.8) is 0 Å². The average molecular weight is 437 g/mol. The fraction of sp³-hybridized carbons (Fsp3) is 0.381. The van der Waals surface area contributed by atoms with E-state index in [9.17, 15) is 13.2 Å². The standard InChI is InChI=1S/C21H25ClN2O4S/c1-15(16-7-4-3-5-8-16)23-21(25)17-9-6-12-24(14-17)29(26,27)20-13-18(22)10-11-19(20)28-2/h3-5,7-8,10-11,13,15,17H,6,9,12,14H2,1-2H3,(H,23,25)/t15-,17-/m1/s1. The van der Waals surface area contributed by atoms with Crippen molar-refractivity contribution < 1.29 is 17.9 Å². The highest BCUT2D eigenvalue weighted by atomic mass is 35.5. The lowest BCUT2D eigenvalue weighted by molar-refractivity contribution is -0.126. The van der Waals surface area contributed by atoms with E-state index in [1.807, 2.05) is 37.3 Å². The molecule has 6 nitrogen and oxygen atoms in total. The summed E-state index contributed by atoms with van der Waals surface area (Å²) in [4.78, 5) is 12.8. The van der Waals surface area contributed by atoms with Crippen molar-refractivity contribution in [2.24, 2.45) is 5.92 Å². The number of rotatable bonds is 6. The third-order valence-corrected chi connectivity index (χ3v) is 7.28. The molecule has 1 fully saturated rings. The van der Waals surface area contributed by atoms with E-state index in [0.717, 1.165) is 5.56 Å². The first-order valence-corrected chi connectivity index (χ1v) is 11.3. The smallest absolute Gasteiger partial charge is 0.246 e. The van der Waals surface area contributed by atoms with Gasteiger partial charge in [-0.1, -0.05) is 41.9 Å². The molecule has 2 aromatic rings. The third kappa shape index (κ3) is 4.91. The van der Waals surface area contributed by atoms with Crippen molar-refractivity contribution in [2.75, 3.05) is 20.2 Å². The molecule has 8 heteroatoms. The fourth-order valence-electron chi connectivity index (χ4n) is 3.52. The van der Waals surface area contributed by atoms with Gasteiger partial charge in [0.25, 0.3) is 0 Å². The molecule has 1 heterocycles. The van der Waals surface area contributed by atoms with Crippen LogP contribution in [0.4, 0.5) is 0 Å². The van der Waals surface area contributed by atoms with Crippen LogP contribution in [0.5, 0.6) is 5.75 Å². The Hall–Kier alpha value is -2.09. The summed E-state index contributed by atoms with van der Waals surface area (Å²) in [5.41, 5.74) is 1.00. The molecular weight excluding hydrogens is 412 g/mol. The summed E-state index contributed by atoms with van der Waals surface area (Å²) < 4.78 is 32.9. The first-order chi connectivity index (χ1) is 13.8. The summed E-state index contributed by atoms with van der Waals surface area (Å²) in [5.74, 6) is -0.312. The minimum Gasteiger partial charge on any atom is -0.495 e. The number of benzene rings is 2. The molecule has 3 rings (SSSR count). The van der Waals surface area contributed by atoms with E-state index in [2.05, 4.69) is 5.32 Å². The van der Waals surface area contributed by atoms with E-state index in [-0.39, 0.29) is 29.1 Å². The third-order valence-electron chi connectivity index (χ3n) is 5.16. The number of nitrogens with one attached hydrogen (secondary N) is 1. The Bertz CT molecular complexity index is 966. The first-order valence-electron chi connectivity index (χ1n) is 9.52. The van der Waals surface area contributed by atoms with Crippen molar-refractivity contribution in [2.45, 2.75) is 30.7 Å². The molecule has 2 atom stereocenters. The second-order valence-corrected chi connectivity index (χ2v) is 9.48. The highest BCUT2D eigenvalue weighted by Gasteiger charge is 2.35. The minimum atomic E-state index is -3.83. The predicted molar refractivity (Wildman–Crippen MR) is 112 cm³/mol. The van der Waals surface area contributed by atoms with Gasteiger partial charge in [0.2, 0.25) is 15.9 Å². The van der Waals surface area contributed by atoms with E-state index in [0.29, 0.717) is 24.4 Å². The molecule has 2 aromatic carbocycles. The monoisotopic (exact) mass is 436 g/mol. The molecule has 1 aliphatic heterocycles. The lowest BCUT2D eigenvalue weighted by Gasteiger charge is -2.32. The minimum absolute atomic E-state index is 0.0196. The quantitative estimate of drug-likeness (QED) is 0.750. The second kappa shape index (κ2) is 9.15. The number of hydrogen-bond donors (Lipinski definition) is 1. The van der Waals surface area contributed by atoms with Gasteiger partial charge in [-0.3, -0.25) is 4.79 Å². The Kier molecular flexibility index (Phi) is 6.82. The summed E-state index contributed by atoms with van der Waals surface area (Å²) in [6.07, 6.45) is 1.26. The zero-order valence-corrected chi connectivity index (χ0v) is 18.0. The lowest BCUT2D eigenvalue weighted by atomic mass is 9.98. The largest absolute Gasteiger partial charge is 0.495 e. The molecule has 1 amide bonds. The van der Waals surface area contributed by atoms with Gasteiger partial charge < -0.3 is 10.1 Å². The van der Waals surface area contributed by atoms with Gasteiger partial charge in [-0.15, -0.1) is 0 Å². The van der Waals surface area contributed by atoms with Gasteiger partial charge in [0.15, 0.2) is 0 Å². The summed E-state index contributed by atoms with van der Waals surface area (Å²) in [6, 6.07) is 14.0. The fourth-order valence-corrected chi connectivity index (χ4v) is 5.46. The molecule has 29 heavy (non-hydrogen) atoms. The predicted octanol–water partition coefficient (Wildman–Crippen LogP) is 3.63. The van der Waals surface area contributed by atoms with E-state index in [4.69, 9.17) is 16.3 Å². The van der Waals surface area contributed by atoms with E-state index < -0.39 is 15.9 Å². The number of ether oxygens (including phenoxy) is 1. The maximum Gasteiger partial charge on any atom is 0.246 e. The van der Waals surface area contributed by atoms with Crippen molar-refractivity contribution in [3.8, 4) is 5.75 Å². The molecule has 1 saturated heterocycles. The topological polar surface area (TPSA) is 75.7 Å². The molecule has 156 valence electrons. The van der Waals surface area contributed by atoms with Gasteiger partial charge in [0.05, 0.1) is 19.1 Å². The first kappa shape index (κ1) is 21.6. The van der Waals surface area contributed by atoms with Crippen LogP contribution in [-0.2, 0) is 14.8 Å². The maximum absolute atomic E-state index is 13.2. The van der Waals surface area contributed by atoms with Crippen LogP contribution in [0.3, 0.4) is 0 Å². The van der Waals surface area contributed by atoms with Gasteiger partial charge in [0.1, 0.15) is 10.6 Å². The molecule has 0 radical (unpaired) electrons. The molecule has 0 bridgehead atoms. The Morgan fingerprint density at radius 1 is 1.24 bits per heavy atom. The Morgan fingerprint density at radius 2 is 1.97 bits per heavy atom. The van der Waals surface area contributed by atoms with Crippen LogP contribution in [0.2, 0.25) is 5.02 Å². The number of halogens is 1. The zero-order chi connectivity index (χ0) is 21.0. The molecular formula is C21H25ClN2O4S. The van der Waals surface area contributed by atoms with Crippen molar-refractivity contribution in [3.05, 3.63) is 59.1 Å². The maximum atomic E-state index is 13.2. The van der Waals surface area contributed by atoms with Crippen LogP contribution in [0.1, 0.15) is 31.4 Å². The zero-order valence-electron chi connectivity index (χ0n) is 16.5. The SMILES string of the molecule is COc1ccc(Cl)cc1S(=O)(=O)N1CCC[C@@H](C(=O)N[C@H](C)c2ccccc2)C1. The Morgan fingerprint density at radius 3 is 2.66 bits per heavy atom. The Labute approximate surface area is 176 Å². The van der Waals surface area contributed by atoms with Gasteiger partial charge in [-0.25, -0.2) is 8.42 Å². The van der Waals surface area contributed by atoms with Crippen LogP contribution in [0.25, 0.3) is 0 Å². The number of amides is 1. The highest BCUT2D eigenvalue weighted by Crippen LogP contribution is 2.32. The number of nitrogens with zero attached hydrogens (tertiary/aromatic N) is 1. The second-order valence-electron chi connectivity index (χ2n) is 7.14. The van der Waals surface area contributed by atoms with Crippen LogP contribution >= 0.6 is 11.6 Å². The molecule has 1 N–H and O–H groups in total.